The highest BCUT2D eigenvalue weighted by Crippen LogP contribution is 2.39. The van der Waals surface area contributed by atoms with Crippen LogP contribution in [0.2, 0.25) is 0 Å². The lowest BCUT2D eigenvalue weighted by Gasteiger charge is -2.16. The molecule has 0 aromatic heterocycles. The van der Waals surface area contributed by atoms with Crippen LogP contribution in [-0.2, 0) is 19.1 Å². The van der Waals surface area contributed by atoms with E-state index in [1.165, 1.54) is 7.11 Å². The predicted octanol–water partition coefficient (Wildman–Crippen LogP) is 0.729. The molecular formula is C11H16O4. The van der Waals surface area contributed by atoms with Crippen LogP contribution in [0.4, 0.5) is 0 Å². The van der Waals surface area contributed by atoms with E-state index in [1.54, 1.807) is 0 Å². The number of methoxy groups -OCH3 is 1. The molecule has 0 radical (unpaired) electrons. The first-order chi connectivity index (χ1) is 7.20. The van der Waals surface area contributed by atoms with Crippen molar-refractivity contribution in [3.05, 3.63) is 0 Å². The van der Waals surface area contributed by atoms with Crippen molar-refractivity contribution in [2.24, 2.45) is 5.92 Å². The highest BCUT2D eigenvalue weighted by molar-refractivity contribution is 6.01. The SMILES string of the molecule is COCC(=O)CC(=O)C1CC2CCC1O2. The molecule has 15 heavy (non-hydrogen) atoms. The van der Waals surface area contributed by atoms with E-state index in [1.807, 2.05) is 0 Å². The maximum absolute atomic E-state index is 11.8. The predicted molar refractivity (Wildman–Crippen MR) is 52.5 cm³/mol. The zero-order valence-electron chi connectivity index (χ0n) is 8.90. The van der Waals surface area contributed by atoms with Gasteiger partial charge in [0.05, 0.1) is 18.6 Å². The smallest absolute Gasteiger partial charge is 0.165 e. The van der Waals surface area contributed by atoms with E-state index < -0.39 is 0 Å². The average Bonchev–Trinajstić information content (AvgIpc) is 2.78. The molecule has 3 atom stereocenters. The number of hydrogen-bond acceptors (Lipinski definition) is 4. The van der Waals surface area contributed by atoms with Crippen molar-refractivity contribution in [2.75, 3.05) is 13.7 Å². The first-order valence-corrected chi connectivity index (χ1v) is 5.39. The van der Waals surface area contributed by atoms with Gasteiger partial charge in [-0.25, -0.2) is 0 Å². The molecule has 0 aromatic rings. The molecule has 4 nitrogen and oxygen atoms in total. The highest BCUT2D eigenvalue weighted by Gasteiger charge is 2.44. The lowest BCUT2D eigenvalue weighted by molar-refractivity contribution is -0.131. The number of rotatable bonds is 5. The number of hydrogen-bond donors (Lipinski definition) is 0. The third kappa shape index (κ3) is 2.26. The summed E-state index contributed by atoms with van der Waals surface area (Å²) < 4.78 is 10.3. The fourth-order valence-electron chi connectivity index (χ4n) is 2.51. The van der Waals surface area contributed by atoms with Crippen LogP contribution in [0.1, 0.15) is 25.7 Å². The molecule has 2 aliphatic rings. The number of Topliss-reactive ketones (excluding diaryl/α,β-unsaturated/α-hetero) is 2. The Hall–Kier alpha value is -0.740. The number of fused-ring (bicyclic) bond motifs is 2. The Labute approximate surface area is 88.9 Å². The second-order valence-electron chi connectivity index (χ2n) is 4.33. The van der Waals surface area contributed by atoms with E-state index in [9.17, 15) is 9.59 Å². The summed E-state index contributed by atoms with van der Waals surface area (Å²) in [4.78, 5) is 23.0. The lowest BCUT2D eigenvalue weighted by atomic mass is 9.84. The monoisotopic (exact) mass is 212 g/mol. The summed E-state index contributed by atoms with van der Waals surface area (Å²) in [5.74, 6) is -0.140. The summed E-state index contributed by atoms with van der Waals surface area (Å²) in [5, 5.41) is 0. The van der Waals surface area contributed by atoms with Gasteiger partial charge < -0.3 is 9.47 Å². The molecule has 2 aliphatic heterocycles. The summed E-state index contributed by atoms with van der Waals surface area (Å²) in [5.41, 5.74) is 0. The third-order valence-corrected chi connectivity index (χ3v) is 3.20. The molecule has 0 aromatic carbocycles. The van der Waals surface area contributed by atoms with Crippen LogP contribution >= 0.6 is 0 Å². The topological polar surface area (TPSA) is 52.6 Å². The van der Waals surface area contributed by atoms with E-state index in [2.05, 4.69) is 0 Å². The normalized spacial score (nSPS) is 33.3. The second kappa shape index (κ2) is 4.41. The Morgan fingerprint density at radius 2 is 2.20 bits per heavy atom. The first-order valence-electron chi connectivity index (χ1n) is 5.39. The number of ether oxygens (including phenoxy) is 2. The molecule has 2 fully saturated rings. The van der Waals surface area contributed by atoms with Gasteiger partial charge in [-0.1, -0.05) is 0 Å². The number of carbonyl (C=O) groups excluding carboxylic acids is 2. The molecule has 4 heteroatoms. The molecule has 0 amide bonds. The Morgan fingerprint density at radius 1 is 1.40 bits per heavy atom. The van der Waals surface area contributed by atoms with Gasteiger partial charge in [-0.3, -0.25) is 9.59 Å². The zero-order chi connectivity index (χ0) is 10.8. The Balaban J connectivity index is 1.84. The largest absolute Gasteiger partial charge is 0.377 e. The van der Waals surface area contributed by atoms with Crippen molar-refractivity contribution in [2.45, 2.75) is 37.9 Å². The van der Waals surface area contributed by atoms with Gasteiger partial charge in [-0.2, -0.15) is 0 Å². The fourth-order valence-corrected chi connectivity index (χ4v) is 2.51. The van der Waals surface area contributed by atoms with E-state index >= 15 is 0 Å². The zero-order valence-corrected chi connectivity index (χ0v) is 8.90. The van der Waals surface area contributed by atoms with Crippen molar-refractivity contribution in [3.8, 4) is 0 Å². The number of ketones is 2. The van der Waals surface area contributed by atoms with Gasteiger partial charge in [0.2, 0.25) is 0 Å². The van der Waals surface area contributed by atoms with E-state index in [4.69, 9.17) is 9.47 Å². The summed E-state index contributed by atoms with van der Waals surface area (Å²) in [6.07, 6.45) is 3.20. The third-order valence-electron chi connectivity index (χ3n) is 3.20. The van der Waals surface area contributed by atoms with Crippen LogP contribution in [0.25, 0.3) is 0 Å². The van der Waals surface area contributed by atoms with Crippen molar-refractivity contribution in [3.63, 3.8) is 0 Å². The van der Waals surface area contributed by atoms with Crippen molar-refractivity contribution in [1.82, 2.24) is 0 Å². The Kier molecular flexibility index (Phi) is 3.17. The Morgan fingerprint density at radius 3 is 2.73 bits per heavy atom. The maximum atomic E-state index is 11.8. The number of carbonyl (C=O) groups is 2. The molecule has 2 bridgehead atoms. The summed E-state index contributed by atoms with van der Waals surface area (Å²) in [6, 6.07) is 0. The van der Waals surface area contributed by atoms with E-state index in [0.29, 0.717) is 0 Å². The molecule has 0 spiro atoms. The Bertz CT molecular complexity index is 274. The van der Waals surface area contributed by atoms with Crippen LogP contribution in [0, 0.1) is 5.92 Å². The molecule has 2 heterocycles. The van der Waals surface area contributed by atoms with Crippen LogP contribution < -0.4 is 0 Å². The van der Waals surface area contributed by atoms with E-state index in [-0.39, 0.29) is 42.7 Å². The maximum Gasteiger partial charge on any atom is 0.165 e. The summed E-state index contributed by atoms with van der Waals surface area (Å²) in [7, 11) is 1.46. The highest BCUT2D eigenvalue weighted by atomic mass is 16.5. The van der Waals surface area contributed by atoms with Crippen LogP contribution in [0.15, 0.2) is 0 Å². The van der Waals surface area contributed by atoms with Crippen molar-refractivity contribution >= 4 is 11.6 Å². The standard InChI is InChI=1S/C11H16O4/c1-14-6-7(12)4-10(13)9-5-8-2-3-11(9)15-8/h8-9,11H,2-6H2,1H3. The van der Waals surface area contributed by atoms with Gasteiger partial charge in [-0.15, -0.1) is 0 Å². The molecule has 2 rings (SSSR count). The first kappa shape index (κ1) is 10.8. The van der Waals surface area contributed by atoms with Gasteiger partial charge in [0, 0.05) is 13.0 Å². The molecule has 0 saturated carbocycles. The minimum Gasteiger partial charge on any atom is -0.377 e. The van der Waals surface area contributed by atoms with Crippen molar-refractivity contribution < 1.29 is 19.1 Å². The van der Waals surface area contributed by atoms with Gasteiger partial charge in [0.25, 0.3) is 0 Å². The molecule has 0 N–H and O–H groups in total. The van der Waals surface area contributed by atoms with E-state index in [0.717, 1.165) is 19.3 Å². The van der Waals surface area contributed by atoms with Crippen LogP contribution in [-0.4, -0.2) is 37.5 Å². The quantitative estimate of drug-likeness (QED) is 0.630. The minimum atomic E-state index is -0.134. The van der Waals surface area contributed by atoms with Gasteiger partial charge >= 0.3 is 0 Å². The lowest BCUT2D eigenvalue weighted by Crippen LogP contribution is -2.27. The molecule has 3 unspecified atom stereocenters. The second-order valence-corrected chi connectivity index (χ2v) is 4.33. The average molecular weight is 212 g/mol. The van der Waals surface area contributed by atoms with Gasteiger partial charge in [0.1, 0.15) is 12.4 Å². The fraction of sp³-hybridized carbons (Fsp3) is 0.818. The van der Waals surface area contributed by atoms with Gasteiger partial charge in [0.15, 0.2) is 5.78 Å². The van der Waals surface area contributed by atoms with Gasteiger partial charge in [-0.05, 0) is 19.3 Å². The van der Waals surface area contributed by atoms with Crippen molar-refractivity contribution in [1.29, 1.82) is 0 Å². The molecular weight excluding hydrogens is 196 g/mol. The van der Waals surface area contributed by atoms with Crippen LogP contribution in [0.5, 0.6) is 0 Å². The summed E-state index contributed by atoms with van der Waals surface area (Å²) in [6.45, 7) is 0.0351. The summed E-state index contributed by atoms with van der Waals surface area (Å²) >= 11 is 0. The minimum absolute atomic E-state index is 0.00505. The molecule has 2 saturated heterocycles. The molecule has 84 valence electrons. The molecule has 0 aliphatic carbocycles. The van der Waals surface area contributed by atoms with Crippen LogP contribution in [0.3, 0.4) is 0 Å².